The number of fused-ring (bicyclic) bond motifs is 1. The average Bonchev–Trinajstić information content (AvgIpc) is 3.48. The maximum absolute atomic E-state index is 13.5. The Balaban J connectivity index is 1.44. The Morgan fingerprint density at radius 2 is 1.75 bits per heavy atom. The highest BCUT2D eigenvalue weighted by atomic mass is 16.5. The normalized spacial score (nSPS) is 17.3. The van der Waals surface area contributed by atoms with E-state index >= 15 is 0 Å². The van der Waals surface area contributed by atoms with Gasteiger partial charge in [-0.2, -0.15) is 0 Å². The van der Waals surface area contributed by atoms with Crippen molar-refractivity contribution in [2.24, 2.45) is 5.73 Å². The number of nitrogens with zero attached hydrogens (tertiary/aromatic N) is 1. The number of carbonyl (C=O) groups is 3. The molecule has 0 radical (unpaired) electrons. The van der Waals surface area contributed by atoms with E-state index in [1.807, 2.05) is 72.8 Å². The number of carbonyl (C=O) groups excluding carboxylic acids is 3. The third kappa shape index (κ3) is 7.65. The summed E-state index contributed by atoms with van der Waals surface area (Å²) in [5.41, 5.74) is 7.31. The van der Waals surface area contributed by atoms with Gasteiger partial charge in [0.1, 0.15) is 18.2 Å². The lowest BCUT2D eigenvalue weighted by molar-refractivity contribution is -0.148. The number of amides is 3. The molecular weight excluding hydrogens is 508 g/mol. The van der Waals surface area contributed by atoms with Crippen LogP contribution in [0.1, 0.15) is 30.9 Å². The number of nitrogens with two attached hydrogens (primary N) is 1. The van der Waals surface area contributed by atoms with Crippen LogP contribution >= 0.6 is 0 Å². The second-order valence-electron chi connectivity index (χ2n) is 10.2. The van der Waals surface area contributed by atoms with Crippen molar-refractivity contribution >= 4 is 28.5 Å². The molecule has 5 N–H and O–H groups in total. The van der Waals surface area contributed by atoms with E-state index in [0.717, 1.165) is 21.9 Å². The standard InChI is InChI=1S/C31H38N4O5/c1-21(40-20-22-8-3-2-4-9-22)31(39)35-15-7-12-28(35)30(38)34-27(29(37)33-19-26(36)18-32)17-23-13-14-24-10-5-6-11-25(24)16-23/h2-6,8-11,13-14,16,21,26-28,36H,7,12,15,17-20,32H2,1H3,(H,33,37)(H,34,38). The second kappa shape index (κ2) is 14.0. The predicted molar refractivity (Wildman–Crippen MR) is 153 cm³/mol. The second-order valence-corrected chi connectivity index (χ2v) is 10.2. The molecule has 4 rings (SSSR count). The van der Waals surface area contributed by atoms with Gasteiger partial charge >= 0.3 is 0 Å². The van der Waals surface area contributed by atoms with E-state index in [9.17, 15) is 19.5 Å². The Bertz CT molecular complexity index is 1300. The molecule has 4 unspecified atom stereocenters. The quantitative estimate of drug-likeness (QED) is 0.274. The van der Waals surface area contributed by atoms with Crippen LogP contribution in [0.15, 0.2) is 72.8 Å². The molecular formula is C31H38N4O5. The highest BCUT2D eigenvalue weighted by molar-refractivity contribution is 5.93. The third-order valence-electron chi connectivity index (χ3n) is 7.20. The van der Waals surface area contributed by atoms with Crippen molar-refractivity contribution in [3.05, 3.63) is 83.9 Å². The first-order valence-corrected chi connectivity index (χ1v) is 13.8. The molecule has 1 heterocycles. The summed E-state index contributed by atoms with van der Waals surface area (Å²) in [5, 5.41) is 17.5. The van der Waals surface area contributed by atoms with Crippen molar-refractivity contribution < 1.29 is 24.2 Å². The molecule has 40 heavy (non-hydrogen) atoms. The molecule has 1 saturated heterocycles. The SMILES string of the molecule is CC(OCc1ccccc1)C(=O)N1CCCC1C(=O)NC(Cc1ccc2ccccc2c1)C(=O)NCC(O)CN. The molecule has 3 aromatic rings. The van der Waals surface area contributed by atoms with Gasteiger partial charge < -0.3 is 31.1 Å². The minimum Gasteiger partial charge on any atom is -0.390 e. The lowest BCUT2D eigenvalue weighted by Crippen LogP contribution is -2.55. The van der Waals surface area contributed by atoms with Gasteiger partial charge in [-0.25, -0.2) is 0 Å². The molecule has 0 saturated carbocycles. The van der Waals surface area contributed by atoms with Crippen LogP contribution in [0, 0.1) is 0 Å². The van der Waals surface area contributed by atoms with Crippen molar-refractivity contribution in [1.82, 2.24) is 15.5 Å². The first kappa shape index (κ1) is 29.2. The van der Waals surface area contributed by atoms with Crippen molar-refractivity contribution in [2.75, 3.05) is 19.6 Å². The summed E-state index contributed by atoms with van der Waals surface area (Å²) >= 11 is 0. The van der Waals surface area contributed by atoms with Gasteiger partial charge in [-0.3, -0.25) is 14.4 Å². The third-order valence-corrected chi connectivity index (χ3v) is 7.20. The van der Waals surface area contributed by atoms with E-state index in [0.29, 0.717) is 26.0 Å². The molecule has 212 valence electrons. The largest absolute Gasteiger partial charge is 0.390 e. The van der Waals surface area contributed by atoms with Crippen molar-refractivity contribution in [3.63, 3.8) is 0 Å². The van der Waals surface area contributed by atoms with Gasteiger partial charge in [-0.1, -0.05) is 72.8 Å². The Hall–Kier alpha value is -3.79. The van der Waals surface area contributed by atoms with E-state index in [1.54, 1.807) is 11.8 Å². The average molecular weight is 547 g/mol. The van der Waals surface area contributed by atoms with Crippen LogP contribution in [0.4, 0.5) is 0 Å². The highest BCUT2D eigenvalue weighted by Crippen LogP contribution is 2.21. The number of nitrogens with one attached hydrogen (secondary N) is 2. The molecule has 0 aromatic heterocycles. The number of hydrogen-bond donors (Lipinski definition) is 4. The van der Waals surface area contributed by atoms with E-state index in [4.69, 9.17) is 10.5 Å². The van der Waals surface area contributed by atoms with Gasteiger partial charge in [0.15, 0.2) is 0 Å². The first-order chi connectivity index (χ1) is 19.4. The fraction of sp³-hybridized carbons (Fsp3) is 0.387. The number of ether oxygens (including phenoxy) is 1. The molecule has 1 aliphatic rings. The summed E-state index contributed by atoms with van der Waals surface area (Å²) in [7, 11) is 0. The summed E-state index contributed by atoms with van der Waals surface area (Å²) in [6.07, 6.45) is -0.179. The van der Waals surface area contributed by atoms with Crippen LogP contribution in [0.5, 0.6) is 0 Å². The van der Waals surface area contributed by atoms with Gasteiger partial charge in [0.2, 0.25) is 11.8 Å². The summed E-state index contributed by atoms with van der Waals surface area (Å²) in [6, 6.07) is 21.8. The number of benzene rings is 3. The Kier molecular flexibility index (Phi) is 10.2. The minimum absolute atomic E-state index is 0.00561. The van der Waals surface area contributed by atoms with Gasteiger partial charge in [-0.15, -0.1) is 0 Å². The van der Waals surface area contributed by atoms with Crippen LogP contribution in [-0.2, 0) is 32.1 Å². The van der Waals surface area contributed by atoms with Crippen molar-refractivity contribution in [3.8, 4) is 0 Å². The molecule has 9 heteroatoms. The molecule has 0 spiro atoms. The maximum atomic E-state index is 13.5. The molecule has 1 aliphatic heterocycles. The van der Waals surface area contributed by atoms with E-state index < -0.39 is 30.2 Å². The predicted octanol–water partition coefficient (Wildman–Crippen LogP) is 1.90. The van der Waals surface area contributed by atoms with Crippen LogP contribution in [0.3, 0.4) is 0 Å². The first-order valence-electron chi connectivity index (χ1n) is 13.8. The summed E-state index contributed by atoms with van der Waals surface area (Å²) in [5.74, 6) is -1.07. The van der Waals surface area contributed by atoms with Gasteiger partial charge in [-0.05, 0) is 41.7 Å². The van der Waals surface area contributed by atoms with Gasteiger partial charge in [0, 0.05) is 26.1 Å². The molecule has 3 amide bonds. The number of hydrogen-bond acceptors (Lipinski definition) is 6. The number of likely N-dealkylation sites (tertiary alicyclic amines) is 1. The van der Waals surface area contributed by atoms with Crippen LogP contribution in [-0.4, -0.2) is 71.7 Å². The zero-order valence-corrected chi connectivity index (χ0v) is 22.8. The zero-order valence-electron chi connectivity index (χ0n) is 22.8. The topological polar surface area (TPSA) is 134 Å². The van der Waals surface area contributed by atoms with Gasteiger partial charge in [0.05, 0.1) is 12.7 Å². The van der Waals surface area contributed by atoms with Crippen LogP contribution in [0.25, 0.3) is 10.8 Å². The number of aliphatic hydroxyl groups is 1. The number of aliphatic hydroxyl groups excluding tert-OH is 1. The molecule has 3 aromatic carbocycles. The lowest BCUT2D eigenvalue weighted by atomic mass is 10.0. The molecule has 1 fully saturated rings. The Morgan fingerprint density at radius 1 is 1.02 bits per heavy atom. The van der Waals surface area contributed by atoms with Crippen molar-refractivity contribution in [2.45, 2.75) is 57.1 Å². The number of rotatable bonds is 12. The lowest BCUT2D eigenvalue weighted by Gasteiger charge is -2.28. The van der Waals surface area contributed by atoms with Crippen LogP contribution in [0.2, 0.25) is 0 Å². The highest BCUT2D eigenvalue weighted by Gasteiger charge is 2.37. The van der Waals surface area contributed by atoms with Gasteiger partial charge in [0.25, 0.3) is 5.91 Å². The maximum Gasteiger partial charge on any atom is 0.252 e. The zero-order chi connectivity index (χ0) is 28.5. The van der Waals surface area contributed by atoms with E-state index in [-0.39, 0.29) is 31.3 Å². The van der Waals surface area contributed by atoms with E-state index in [1.165, 1.54) is 0 Å². The monoisotopic (exact) mass is 546 g/mol. The summed E-state index contributed by atoms with van der Waals surface area (Å²) < 4.78 is 5.81. The molecule has 0 aliphatic carbocycles. The fourth-order valence-electron chi connectivity index (χ4n) is 4.91. The van der Waals surface area contributed by atoms with Crippen molar-refractivity contribution in [1.29, 1.82) is 0 Å². The fourth-order valence-corrected chi connectivity index (χ4v) is 4.91. The molecule has 0 bridgehead atoms. The Morgan fingerprint density at radius 3 is 2.50 bits per heavy atom. The summed E-state index contributed by atoms with van der Waals surface area (Å²) in [4.78, 5) is 41.4. The Labute approximate surface area is 234 Å². The smallest absolute Gasteiger partial charge is 0.252 e. The van der Waals surface area contributed by atoms with E-state index in [2.05, 4.69) is 10.6 Å². The van der Waals surface area contributed by atoms with Crippen LogP contribution < -0.4 is 16.4 Å². The minimum atomic E-state index is -0.900. The summed E-state index contributed by atoms with van der Waals surface area (Å²) in [6.45, 7) is 2.41. The molecule has 9 nitrogen and oxygen atoms in total. The molecule has 4 atom stereocenters.